The molecule has 1 saturated heterocycles. The van der Waals surface area contributed by atoms with Crippen molar-refractivity contribution >= 4 is 13.9 Å². The number of hydrogen-bond acceptors (Lipinski definition) is 4. The van der Waals surface area contributed by atoms with Crippen molar-refractivity contribution in [2.75, 3.05) is 20.3 Å². The van der Waals surface area contributed by atoms with Gasteiger partial charge in [0, 0.05) is 6.54 Å². The summed E-state index contributed by atoms with van der Waals surface area (Å²) < 4.78 is 19.4. The van der Waals surface area contributed by atoms with Crippen LogP contribution in [0.25, 0.3) is 0 Å². The van der Waals surface area contributed by atoms with E-state index in [1.807, 2.05) is 0 Å². The molecule has 1 atom stereocenters. The molecule has 0 bridgehead atoms. The van der Waals surface area contributed by atoms with Crippen LogP contribution < -0.4 is 0 Å². The maximum Gasteiger partial charge on any atom is 0.469 e. The van der Waals surface area contributed by atoms with E-state index in [1.165, 1.54) is 12.0 Å². The largest absolute Gasteiger partial charge is 0.469 e. The quantitative estimate of drug-likeness (QED) is 0.689. The lowest BCUT2D eigenvalue weighted by atomic mass is 10.2. The molecule has 1 aliphatic heterocycles. The maximum absolute atomic E-state index is 11.2. The molecule has 0 aromatic rings. The third kappa shape index (κ3) is 3.79. The molecular formula is C7H14NO6P. The fourth-order valence-corrected chi connectivity index (χ4v) is 1.92. The highest BCUT2D eigenvalue weighted by Gasteiger charge is 2.31. The van der Waals surface area contributed by atoms with Gasteiger partial charge in [0.2, 0.25) is 0 Å². The van der Waals surface area contributed by atoms with Gasteiger partial charge in [0.15, 0.2) is 0 Å². The van der Waals surface area contributed by atoms with Crippen LogP contribution in [0.3, 0.4) is 0 Å². The zero-order valence-corrected chi connectivity index (χ0v) is 9.22. The molecule has 1 aliphatic rings. The van der Waals surface area contributed by atoms with Gasteiger partial charge in [-0.05, 0) is 12.8 Å². The Balaban J connectivity index is 2.47. The zero-order valence-electron chi connectivity index (χ0n) is 8.33. The molecule has 0 spiro atoms. The Morgan fingerprint density at radius 1 is 1.60 bits per heavy atom. The van der Waals surface area contributed by atoms with Gasteiger partial charge in [-0.1, -0.05) is 0 Å². The van der Waals surface area contributed by atoms with Crippen molar-refractivity contribution in [3.05, 3.63) is 0 Å². The van der Waals surface area contributed by atoms with Crippen LogP contribution in [0.4, 0.5) is 4.79 Å². The van der Waals surface area contributed by atoms with Gasteiger partial charge in [0.05, 0.1) is 19.8 Å². The number of carbonyl (C=O) groups excluding carboxylic acids is 1. The molecule has 1 unspecified atom stereocenters. The third-order valence-corrected chi connectivity index (χ3v) is 2.71. The van der Waals surface area contributed by atoms with E-state index in [9.17, 15) is 9.36 Å². The molecule has 88 valence electrons. The Morgan fingerprint density at radius 2 is 2.27 bits per heavy atom. The summed E-state index contributed by atoms with van der Waals surface area (Å²) >= 11 is 0. The SMILES string of the molecule is COC(=O)N1CCCC1COP(=O)(O)O. The fraction of sp³-hybridized carbons (Fsp3) is 0.857. The molecule has 2 N–H and O–H groups in total. The van der Waals surface area contributed by atoms with Crippen LogP contribution in [0, 0.1) is 0 Å². The van der Waals surface area contributed by atoms with Gasteiger partial charge in [-0.15, -0.1) is 0 Å². The first-order valence-corrected chi connectivity index (χ1v) is 6.02. The summed E-state index contributed by atoms with van der Waals surface area (Å²) in [5.41, 5.74) is 0. The van der Waals surface area contributed by atoms with Gasteiger partial charge in [0.25, 0.3) is 0 Å². The Morgan fingerprint density at radius 3 is 2.80 bits per heavy atom. The molecule has 0 aromatic heterocycles. The number of phosphoric acid groups is 1. The van der Waals surface area contributed by atoms with Crippen molar-refractivity contribution in [1.82, 2.24) is 4.90 Å². The molecular weight excluding hydrogens is 225 g/mol. The van der Waals surface area contributed by atoms with Crippen LogP contribution in [0.2, 0.25) is 0 Å². The van der Waals surface area contributed by atoms with Crippen LogP contribution in [-0.2, 0) is 13.8 Å². The maximum atomic E-state index is 11.2. The first-order chi connectivity index (χ1) is 6.94. The van der Waals surface area contributed by atoms with E-state index in [0.29, 0.717) is 13.0 Å². The monoisotopic (exact) mass is 239 g/mol. The normalized spacial score (nSPS) is 21.8. The van der Waals surface area contributed by atoms with Crippen LogP contribution in [0.1, 0.15) is 12.8 Å². The van der Waals surface area contributed by atoms with Gasteiger partial charge in [-0.2, -0.15) is 0 Å². The van der Waals surface area contributed by atoms with E-state index < -0.39 is 13.9 Å². The molecule has 8 heteroatoms. The molecule has 0 radical (unpaired) electrons. The van der Waals surface area contributed by atoms with Crippen molar-refractivity contribution in [3.8, 4) is 0 Å². The average Bonchev–Trinajstić information content (AvgIpc) is 2.60. The summed E-state index contributed by atoms with van der Waals surface area (Å²) in [6.45, 7) is 0.362. The minimum absolute atomic E-state index is 0.167. The number of ether oxygens (including phenoxy) is 1. The predicted molar refractivity (Wildman–Crippen MR) is 50.1 cm³/mol. The summed E-state index contributed by atoms with van der Waals surface area (Å²) in [4.78, 5) is 29.6. The summed E-state index contributed by atoms with van der Waals surface area (Å²) in [7, 11) is -3.20. The fourth-order valence-electron chi connectivity index (χ4n) is 1.55. The number of methoxy groups -OCH3 is 1. The Hall–Kier alpha value is -0.620. The highest BCUT2D eigenvalue weighted by atomic mass is 31.2. The molecule has 1 fully saturated rings. The summed E-state index contributed by atoms with van der Waals surface area (Å²) in [5, 5.41) is 0. The summed E-state index contributed by atoms with van der Waals surface area (Å²) in [6, 6.07) is -0.315. The van der Waals surface area contributed by atoms with E-state index in [0.717, 1.165) is 6.42 Å². The smallest absolute Gasteiger partial charge is 0.453 e. The zero-order chi connectivity index (χ0) is 11.5. The Bertz CT molecular complexity index is 277. The van der Waals surface area contributed by atoms with E-state index in [4.69, 9.17) is 9.79 Å². The molecule has 1 amide bonds. The summed E-state index contributed by atoms with van der Waals surface area (Å²) in [5.74, 6) is 0. The molecule has 7 nitrogen and oxygen atoms in total. The Labute approximate surface area is 87.2 Å². The van der Waals surface area contributed by atoms with Gasteiger partial charge >= 0.3 is 13.9 Å². The molecule has 0 saturated carbocycles. The van der Waals surface area contributed by atoms with Crippen molar-refractivity contribution in [2.24, 2.45) is 0 Å². The van der Waals surface area contributed by atoms with Gasteiger partial charge < -0.3 is 19.4 Å². The lowest BCUT2D eigenvalue weighted by Crippen LogP contribution is -2.37. The topological polar surface area (TPSA) is 96.3 Å². The minimum Gasteiger partial charge on any atom is -0.453 e. The third-order valence-electron chi connectivity index (χ3n) is 2.22. The second-order valence-electron chi connectivity index (χ2n) is 3.25. The number of hydrogen-bond donors (Lipinski definition) is 2. The highest BCUT2D eigenvalue weighted by molar-refractivity contribution is 7.46. The minimum atomic E-state index is -4.46. The van der Waals surface area contributed by atoms with Crippen LogP contribution in [0.5, 0.6) is 0 Å². The van der Waals surface area contributed by atoms with Crippen molar-refractivity contribution in [1.29, 1.82) is 0 Å². The van der Waals surface area contributed by atoms with Crippen molar-refractivity contribution in [3.63, 3.8) is 0 Å². The molecule has 1 heterocycles. The van der Waals surface area contributed by atoms with E-state index >= 15 is 0 Å². The first kappa shape index (κ1) is 12.4. The molecule has 0 aromatic carbocycles. The lowest BCUT2D eigenvalue weighted by Gasteiger charge is -2.22. The van der Waals surface area contributed by atoms with Gasteiger partial charge in [-0.25, -0.2) is 9.36 Å². The standard InChI is InChI=1S/C7H14NO6P/c1-13-7(9)8-4-2-3-6(8)5-14-15(10,11)12/h6H,2-5H2,1H3,(H2,10,11,12). The average molecular weight is 239 g/mol. The van der Waals surface area contributed by atoms with Crippen LogP contribution in [0.15, 0.2) is 0 Å². The number of carbonyl (C=O) groups is 1. The predicted octanol–water partition coefficient (Wildman–Crippen LogP) is 0.326. The number of nitrogens with zero attached hydrogens (tertiary/aromatic N) is 1. The number of amides is 1. The van der Waals surface area contributed by atoms with Crippen LogP contribution >= 0.6 is 7.82 Å². The lowest BCUT2D eigenvalue weighted by molar-refractivity contribution is 0.0965. The number of rotatable bonds is 3. The molecule has 15 heavy (non-hydrogen) atoms. The van der Waals surface area contributed by atoms with Gasteiger partial charge in [0.1, 0.15) is 0 Å². The second-order valence-corrected chi connectivity index (χ2v) is 4.49. The second kappa shape index (κ2) is 4.94. The van der Waals surface area contributed by atoms with E-state index in [1.54, 1.807) is 0 Å². The summed E-state index contributed by atoms with van der Waals surface area (Å²) in [6.07, 6.45) is 0.950. The number of likely N-dealkylation sites (tertiary alicyclic amines) is 1. The van der Waals surface area contributed by atoms with Crippen molar-refractivity contribution < 1.29 is 28.4 Å². The highest BCUT2D eigenvalue weighted by Crippen LogP contribution is 2.36. The van der Waals surface area contributed by atoms with E-state index in [2.05, 4.69) is 9.26 Å². The number of phosphoric ester groups is 1. The van der Waals surface area contributed by atoms with Crippen LogP contribution in [-0.4, -0.2) is 47.1 Å². The first-order valence-electron chi connectivity index (χ1n) is 4.48. The Kier molecular flexibility index (Phi) is 4.10. The van der Waals surface area contributed by atoms with Crippen molar-refractivity contribution in [2.45, 2.75) is 18.9 Å². The molecule has 1 rings (SSSR count). The van der Waals surface area contributed by atoms with Gasteiger partial charge in [-0.3, -0.25) is 4.52 Å². The van der Waals surface area contributed by atoms with E-state index in [-0.39, 0.29) is 12.6 Å². The molecule has 0 aliphatic carbocycles.